The van der Waals surface area contributed by atoms with Crippen molar-refractivity contribution in [2.45, 2.75) is 19.6 Å². The molecule has 0 unspecified atom stereocenters. The summed E-state index contributed by atoms with van der Waals surface area (Å²) in [4.78, 5) is 23.5. The first-order valence-electron chi connectivity index (χ1n) is 5.65. The zero-order valence-electron chi connectivity index (χ0n) is 10.6. The first kappa shape index (κ1) is 14.1. The normalized spacial score (nSPS) is 16.1. The summed E-state index contributed by atoms with van der Waals surface area (Å²) >= 11 is 0. The van der Waals surface area contributed by atoms with Crippen LogP contribution in [-0.4, -0.2) is 51.4 Å². The van der Waals surface area contributed by atoms with E-state index >= 15 is 0 Å². The lowest BCUT2D eigenvalue weighted by molar-refractivity contribution is -0.137. The average Bonchev–Trinajstić information content (AvgIpc) is 2.52. The summed E-state index contributed by atoms with van der Waals surface area (Å²) in [6.45, 7) is 8.05. The average molecular weight is 257 g/mol. The largest absolute Gasteiger partial charge is 0.415 e. The van der Waals surface area contributed by atoms with Crippen LogP contribution in [0.1, 0.15) is 0 Å². The summed E-state index contributed by atoms with van der Waals surface area (Å²) in [5.41, 5.74) is 0. The second kappa shape index (κ2) is 6.09. The highest BCUT2D eigenvalue weighted by molar-refractivity contribution is 6.69. The van der Waals surface area contributed by atoms with Gasteiger partial charge in [-0.1, -0.05) is 0 Å². The van der Waals surface area contributed by atoms with Crippen molar-refractivity contribution in [2.75, 3.05) is 26.4 Å². The van der Waals surface area contributed by atoms with Crippen LogP contribution in [0.3, 0.4) is 0 Å². The maximum Gasteiger partial charge on any atom is 0.253 e. The molecule has 5 nitrogen and oxygen atoms in total. The van der Waals surface area contributed by atoms with Crippen LogP contribution >= 0.6 is 0 Å². The third-order valence-corrected chi connectivity index (χ3v) is 3.19. The minimum atomic E-state index is -1.47. The highest BCUT2D eigenvalue weighted by Gasteiger charge is 2.22. The van der Waals surface area contributed by atoms with E-state index in [9.17, 15) is 9.59 Å². The van der Waals surface area contributed by atoms with E-state index in [0.29, 0.717) is 26.4 Å². The number of hydrogen-bond donors (Lipinski definition) is 0. The van der Waals surface area contributed by atoms with E-state index in [-0.39, 0.29) is 11.8 Å². The Balaban J connectivity index is 2.05. The van der Waals surface area contributed by atoms with Crippen molar-refractivity contribution in [3.63, 3.8) is 0 Å². The van der Waals surface area contributed by atoms with Gasteiger partial charge in [-0.05, 0) is 19.6 Å². The summed E-state index contributed by atoms with van der Waals surface area (Å²) in [5.74, 6) is -0.533. The van der Waals surface area contributed by atoms with Crippen molar-refractivity contribution >= 4 is 20.1 Å². The van der Waals surface area contributed by atoms with Crippen molar-refractivity contribution in [3.05, 3.63) is 12.2 Å². The van der Waals surface area contributed by atoms with Gasteiger partial charge in [0.15, 0.2) is 8.32 Å². The van der Waals surface area contributed by atoms with E-state index in [1.807, 2.05) is 0 Å². The molecule has 0 atom stereocenters. The number of ether oxygens (including phenoxy) is 1. The maximum absolute atomic E-state index is 11.2. The second-order valence-electron chi connectivity index (χ2n) is 4.73. The number of carbonyl (C=O) groups excluding carboxylic acids is 2. The molecule has 6 heteroatoms. The predicted octanol–water partition coefficient (Wildman–Crippen LogP) is 0.779. The van der Waals surface area contributed by atoms with Crippen molar-refractivity contribution in [1.82, 2.24) is 4.90 Å². The van der Waals surface area contributed by atoms with Crippen LogP contribution in [-0.2, 0) is 18.8 Å². The zero-order valence-corrected chi connectivity index (χ0v) is 11.6. The van der Waals surface area contributed by atoms with Crippen LogP contribution in [0.4, 0.5) is 0 Å². The summed E-state index contributed by atoms with van der Waals surface area (Å²) in [6.07, 6.45) is 2.55. The fourth-order valence-corrected chi connectivity index (χ4v) is 2.01. The monoisotopic (exact) mass is 257 g/mol. The summed E-state index contributed by atoms with van der Waals surface area (Å²) < 4.78 is 10.9. The van der Waals surface area contributed by atoms with E-state index < -0.39 is 8.32 Å². The van der Waals surface area contributed by atoms with E-state index in [1.54, 1.807) is 0 Å². The molecule has 1 rings (SSSR count). The molecule has 0 bridgehead atoms. The molecule has 0 aromatic heterocycles. The number of nitrogens with zero attached hydrogens (tertiary/aromatic N) is 1. The van der Waals surface area contributed by atoms with Crippen LogP contribution in [0.25, 0.3) is 0 Å². The van der Waals surface area contributed by atoms with Crippen molar-refractivity contribution < 1.29 is 18.8 Å². The Labute approximate surface area is 103 Å². The van der Waals surface area contributed by atoms with Crippen LogP contribution in [0.15, 0.2) is 12.2 Å². The minimum Gasteiger partial charge on any atom is -0.415 e. The molecule has 0 aliphatic carbocycles. The molecule has 0 aromatic carbocycles. The Kier molecular flexibility index (Phi) is 5.04. The molecule has 1 heterocycles. The molecular weight excluding hydrogens is 238 g/mol. The Bertz CT molecular complexity index is 304. The van der Waals surface area contributed by atoms with Gasteiger partial charge in [-0.3, -0.25) is 14.5 Å². The number of hydrogen-bond acceptors (Lipinski definition) is 4. The number of amides is 2. The lowest BCUT2D eigenvalue weighted by Gasteiger charge is -2.17. The smallest absolute Gasteiger partial charge is 0.253 e. The molecule has 0 spiro atoms. The Hall–Kier alpha value is -0.983. The van der Waals surface area contributed by atoms with E-state index in [1.165, 1.54) is 17.1 Å². The SMILES string of the molecule is C[Si](C)(C)OCCOCCN1C(=O)C=CC1=O. The molecule has 0 saturated heterocycles. The molecule has 0 radical (unpaired) electrons. The van der Waals surface area contributed by atoms with E-state index in [4.69, 9.17) is 9.16 Å². The van der Waals surface area contributed by atoms with Crippen LogP contribution in [0.5, 0.6) is 0 Å². The molecule has 0 N–H and O–H groups in total. The fourth-order valence-electron chi connectivity index (χ4n) is 1.32. The Morgan fingerprint density at radius 3 is 2.18 bits per heavy atom. The molecule has 96 valence electrons. The number of carbonyl (C=O) groups is 2. The number of rotatable bonds is 7. The molecule has 1 aliphatic heterocycles. The van der Waals surface area contributed by atoms with Gasteiger partial charge >= 0.3 is 0 Å². The number of imide groups is 1. The van der Waals surface area contributed by atoms with Gasteiger partial charge in [0.2, 0.25) is 0 Å². The minimum absolute atomic E-state index is 0.267. The summed E-state index contributed by atoms with van der Waals surface area (Å²) in [7, 11) is -1.47. The standard InChI is InChI=1S/C11H19NO4Si/c1-17(2,3)16-9-8-15-7-6-12-10(13)4-5-11(12)14/h4-5H,6-9H2,1-3H3. The van der Waals surface area contributed by atoms with Gasteiger partial charge in [0.1, 0.15) is 0 Å². The van der Waals surface area contributed by atoms with Gasteiger partial charge in [0.05, 0.1) is 26.4 Å². The summed E-state index contributed by atoms with van der Waals surface area (Å²) in [5, 5.41) is 0. The van der Waals surface area contributed by atoms with Gasteiger partial charge in [0, 0.05) is 12.2 Å². The fraction of sp³-hybridized carbons (Fsp3) is 0.636. The first-order chi connectivity index (χ1) is 7.90. The zero-order chi connectivity index (χ0) is 12.9. The quantitative estimate of drug-likeness (QED) is 0.384. The lowest BCUT2D eigenvalue weighted by atomic mass is 10.5. The predicted molar refractivity (Wildman–Crippen MR) is 66.0 cm³/mol. The highest BCUT2D eigenvalue weighted by atomic mass is 28.4. The van der Waals surface area contributed by atoms with Gasteiger partial charge in [-0.15, -0.1) is 0 Å². The van der Waals surface area contributed by atoms with E-state index in [0.717, 1.165) is 0 Å². The first-order valence-corrected chi connectivity index (χ1v) is 9.06. The van der Waals surface area contributed by atoms with Crippen molar-refractivity contribution in [1.29, 1.82) is 0 Å². The van der Waals surface area contributed by atoms with Crippen LogP contribution in [0, 0.1) is 0 Å². The van der Waals surface area contributed by atoms with Gasteiger partial charge in [-0.2, -0.15) is 0 Å². The van der Waals surface area contributed by atoms with Crippen molar-refractivity contribution in [2.24, 2.45) is 0 Å². The Morgan fingerprint density at radius 2 is 1.65 bits per heavy atom. The van der Waals surface area contributed by atoms with Crippen molar-refractivity contribution in [3.8, 4) is 0 Å². The van der Waals surface area contributed by atoms with E-state index in [2.05, 4.69) is 19.6 Å². The maximum atomic E-state index is 11.2. The molecular formula is C11H19NO4Si. The molecule has 0 aromatic rings. The van der Waals surface area contributed by atoms with Crippen LogP contribution < -0.4 is 0 Å². The molecule has 0 fully saturated rings. The lowest BCUT2D eigenvalue weighted by Crippen LogP contribution is -2.33. The van der Waals surface area contributed by atoms with Gasteiger partial charge in [0.25, 0.3) is 11.8 Å². The molecule has 0 saturated carbocycles. The molecule has 2 amide bonds. The van der Waals surface area contributed by atoms with Gasteiger partial charge < -0.3 is 9.16 Å². The van der Waals surface area contributed by atoms with Crippen LogP contribution in [0.2, 0.25) is 19.6 Å². The topological polar surface area (TPSA) is 55.8 Å². The third kappa shape index (κ3) is 5.25. The molecule has 1 aliphatic rings. The summed E-state index contributed by atoms with van der Waals surface area (Å²) in [6, 6.07) is 0. The second-order valence-corrected chi connectivity index (χ2v) is 9.25. The third-order valence-electron chi connectivity index (χ3n) is 2.12. The Morgan fingerprint density at radius 1 is 1.06 bits per heavy atom. The highest BCUT2D eigenvalue weighted by Crippen LogP contribution is 2.03. The van der Waals surface area contributed by atoms with Gasteiger partial charge in [-0.25, -0.2) is 0 Å². The molecule has 17 heavy (non-hydrogen) atoms.